The first-order valence-electron chi connectivity index (χ1n) is 8.26. The quantitative estimate of drug-likeness (QED) is 0.832. The summed E-state index contributed by atoms with van der Waals surface area (Å²) in [7, 11) is -3.68. The van der Waals surface area contributed by atoms with Gasteiger partial charge in [0.25, 0.3) is 0 Å². The van der Waals surface area contributed by atoms with Gasteiger partial charge in [-0.05, 0) is 43.0 Å². The van der Waals surface area contributed by atoms with Crippen LogP contribution in [0.2, 0.25) is 0 Å². The topological polar surface area (TPSA) is 57.7 Å². The Morgan fingerprint density at radius 1 is 1.21 bits per heavy atom. The molecule has 0 spiro atoms. The van der Waals surface area contributed by atoms with Crippen LogP contribution in [0.5, 0.6) is 0 Å². The molecule has 24 heavy (non-hydrogen) atoms. The molecule has 0 aliphatic carbocycles. The molecule has 0 saturated carbocycles. The highest BCUT2D eigenvalue weighted by molar-refractivity contribution is 7.89. The van der Waals surface area contributed by atoms with Crippen LogP contribution >= 0.6 is 0 Å². The van der Waals surface area contributed by atoms with E-state index < -0.39 is 15.8 Å². The van der Waals surface area contributed by atoms with E-state index in [0.717, 1.165) is 6.07 Å². The van der Waals surface area contributed by atoms with Crippen LogP contribution < -0.4 is 0 Å². The summed E-state index contributed by atoms with van der Waals surface area (Å²) in [4.78, 5) is 14.1. The molecule has 1 aliphatic heterocycles. The van der Waals surface area contributed by atoms with E-state index in [1.165, 1.54) is 16.4 Å². The van der Waals surface area contributed by atoms with E-state index in [4.69, 9.17) is 0 Å². The molecular formula is C17H25FN2O3S. The average molecular weight is 356 g/mol. The van der Waals surface area contributed by atoms with Crippen molar-refractivity contribution in [3.63, 3.8) is 0 Å². The van der Waals surface area contributed by atoms with Gasteiger partial charge in [0.2, 0.25) is 15.9 Å². The molecule has 5 nitrogen and oxygen atoms in total. The molecule has 0 aromatic heterocycles. The van der Waals surface area contributed by atoms with Crippen LogP contribution in [0.3, 0.4) is 0 Å². The second-order valence-corrected chi connectivity index (χ2v) is 8.55. The van der Waals surface area contributed by atoms with Crippen molar-refractivity contribution in [2.24, 2.45) is 5.92 Å². The Morgan fingerprint density at radius 3 is 2.54 bits per heavy atom. The molecule has 0 atom stereocenters. The van der Waals surface area contributed by atoms with Gasteiger partial charge in [-0.1, -0.05) is 13.8 Å². The Bertz CT molecular complexity index is 704. The maximum absolute atomic E-state index is 13.2. The molecule has 0 unspecified atom stereocenters. The normalized spacial score (nSPS) is 17.1. The maximum Gasteiger partial charge on any atom is 0.243 e. The van der Waals surface area contributed by atoms with E-state index in [1.54, 1.807) is 11.8 Å². The minimum atomic E-state index is -3.68. The van der Waals surface area contributed by atoms with Gasteiger partial charge in [0.15, 0.2) is 0 Å². The van der Waals surface area contributed by atoms with E-state index in [1.807, 2.05) is 13.8 Å². The SMILES string of the molecule is Cc1cc(F)ccc1S(=O)(=O)N1CCCN(C(=O)CC(C)C)CC1. The summed E-state index contributed by atoms with van der Waals surface area (Å²) in [6.07, 6.45) is 1.08. The van der Waals surface area contributed by atoms with E-state index >= 15 is 0 Å². The molecule has 0 bridgehead atoms. The van der Waals surface area contributed by atoms with Crippen LogP contribution in [-0.2, 0) is 14.8 Å². The van der Waals surface area contributed by atoms with Crippen molar-refractivity contribution in [3.8, 4) is 0 Å². The van der Waals surface area contributed by atoms with Crippen molar-refractivity contribution in [2.75, 3.05) is 26.2 Å². The number of rotatable bonds is 4. The Hall–Kier alpha value is -1.47. The van der Waals surface area contributed by atoms with E-state index in [9.17, 15) is 17.6 Å². The van der Waals surface area contributed by atoms with Crippen molar-refractivity contribution in [3.05, 3.63) is 29.6 Å². The lowest BCUT2D eigenvalue weighted by molar-refractivity contribution is -0.131. The fraction of sp³-hybridized carbons (Fsp3) is 0.588. The molecule has 134 valence electrons. The Kier molecular flexibility index (Phi) is 5.98. The van der Waals surface area contributed by atoms with Crippen LogP contribution in [0.25, 0.3) is 0 Å². The molecule has 1 aliphatic rings. The molecule has 1 amide bonds. The lowest BCUT2D eigenvalue weighted by Gasteiger charge is -2.23. The summed E-state index contributed by atoms with van der Waals surface area (Å²) >= 11 is 0. The number of carbonyl (C=O) groups is 1. The minimum absolute atomic E-state index is 0.0715. The number of amides is 1. The highest BCUT2D eigenvalue weighted by atomic mass is 32.2. The van der Waals surface area contributed by atoms with Crippen LogP contribution in [-0.4, -0.2) is 49.7 Å². The van der Waals surface area contributed by atoms with Crippen LogP contribution in [0.15, 0.2) is 23.1 Å². The molecule has 1 fully saturated rings. The van der Waals surface area contributed by atoms with Crippen LogP contribution in [0.4, 0.5) is 4.39 Å². The second kappa shape index (κ2) is 7.61. The molecule has 1 aromatic carbocycles. The predicted octanol–water partition coefficient (Wildman–Crippen LogP) is 2.40. The molecule has 2 rings (SSSR count). The molecule has 1 heterocycles. The zero-order chi connectivity index (χ0) is 17.9. The van der Waals surface area contributed by atoms with Crippen molar-refractivity contribution in [2.45, 2.75) is 38.5 Å². The number of sulfonamides is 1. The summed E-state index contributed by atoms with van der Waals surface area (Å²) in [5.41, 5.74) is 0.395. The van der Waals surface area contributed by atoms with Crippen LogP contribution in [0, 0.1) is 18.7 Å². The number of hydrogen-bond acceptors (Lipinski definition) is 3. The van der Waals surface area contributed by atoms with Gasteiger partial charge in [-0.25, -0.2) is 12.8 Å². The second-order valence-electron chi connectivity index (χ2n) is 6.65. The van der Waals surface area contributed by atoms with Gasteiger partial charge in [0, 0.05) is 32.6 Å². The van der Waals surface area contributed by atoms with E-state index in [0.29, 0.717) is 38.0 Å². The number of benzene rings is 1. The highest BCUT2D eigenvalue weighted by Crippen LogP contribution is 2.22. The first-order chi connectivity index (χ1) is 11.2. The molecule has 1 saturated heterocycles. The van der Waals surface area contributed by atoms with Gasteiger partial charge in [0.1, 0.15) is 5.82 Å². The molecule has 1 aromatic rings. The average Bonchev–Trinajstić information content (AvgIpc) is 2.72. The number of carbonyl (C=O) groups excluding carboxylic acids is 1. The predicted molar refractivity (Wildman–Crippen MR) is 90.5 cm³/mol. The van der Waals surface area contributed by atoms with Crippen molar-refractivity contribution < 1.29 is 17.6 Å². The van der Waals surface area contributed by atoms with Gasteiger partial charge in [-0.2, -0.15) is 4.31 Å². The monoisotopic (exact) mass is 356 g/mol. The fourth-order valence-electron chi connectivity index (χ4n) is 2.90. The Balaban J connectivity index is 2.14. The number of aryl methyl sites for hydroxylation is 1. The maximum atomic E-state index is 13.2. The molecule has 7 heteroatoms. The van der Waals surface area contributed by atoms with Gasteiger partial charge < -0.3 is 4.90 Å². The van der Waals surface area contributed by atoms with Crippen molar-refractivity contribution >= 4 is 15.9 Å². The van der Waals surface area contributed by atoms with E-state index in [-0.39, 0.29) is 23.3 Å². The Labute approximate surface area is 143 Å². The zero-order valence-electron chi connectivity index (χ0n) is 14.5. The minimum Gasteiger partial charge on any atom is -0.341 e. The smallest absolute Gasteiger partial charge is 0.243 e. The Morgan fingerprint density at radius 2 is 1.92 bits per heavy atom. The third-order valence-corrected chi connectivity index (χ3v) is 6.20. The number of halogens is 1. The first kappa shape index (κ1) is 18.9. The summed E-state index contributed by atoms with van der Waals surface area (Å²) in [6, 6.07) is 3.70. The van der Waals surface area contributed by atoms with E-state index in [2.05, 4.69) is 0 Å². The van der Waals surface area contributed by atoms with Gasteiger partial charge >= 0.3 is 0 Å². The fourth-order valence-corrected chi connectivity index (χ4v) is 4.58. The summed E-state index contributed by atoms with van der Waals surface area (Å²) in [5.74, 6) is -0.0996. The number of hydrogen-bond donors (Lipinski definition) is 0. The zero-order valence-corrected chi connectivity index (χ0v) is 15.3. The van der Waals surface area contributed by atoms with Crippen molar-refractivity contribution in [1.82, 2.24) is 9.21 Å². The highest BCUT2D eigenvalue weighted by Gasteiger charge is 2.29. The molecule has 0 radical (unpaired) electrons. The summed E-state index contributed by atoms with van der Waals surface area (Å²) < 4.78 is 40.3. The van der Waals surface area contributed by atoms with Gasteiger partial charge in [-0.15, -0.1) is 0 Å². The largest absolute Gasteiger partial charge is 0.341 e. The lowest BCUT2D eigenvalue weighted by Crippen LogP contribution is -2.37. The lowest BCUT2D eigenvalue weighted by atomic mass is 10.1. The summed E-state index contributed by atoms with van der Waals surface area (Å²) in [5, 5.41) is 0. The van der Waals surface area contributed by atoms with Crippen molar-refractivity contribution in [1.29, 1.82) is 0 Å². The molecule has 0 N–H and O–H groups in total. The first-order valence-corrected chi connectivity index (χ1v) is 9.70. The summed E-state index contributed by atoms with van der Waals surface area (Å²) in [6.45, 7) is 7.17. The van der Waals surface area contributed by atoms with Gasteiger partial charge in [-0.3, -0.25) is 4.79 Å². The molecular weight excluding hydrogens is 331 g/mol. The third-order valence-electron chi connectivity index (χ3n) is 4.15. The third kappa shape index (κ3) is 4.33. The number of nitrogens with zero attached hydrogens (tertiary/aromatic N) is 2. The standard InChI is InChI=1S/C17H25FN2O3S/c1-13(2)11-17(21)19-7-4-8-20(10-9-19)24(22,23)16-6-5-15(18)12-14(16)3/h5-6,12-13H,4,7-11H2,1-3H3. The van der Waals surface area contributed by atoms with Crippen LogP contribution in [0.1, 0.15) is 32.3 Å². The van der Waals surface area contributed by atoms with Gasteiger partial charge in [0.05, 0.1) is 4.90 Å².